The second-order valence-corrected chi connectivity index (χ2v) is 3.89. The van der Waals surface area contributed by atoms with Crippen molar-refractivity contribution >= 4 is 17.3 Å². The second-order valence-electron chi connectivity index (χ2n) is 3.89. The lowest BCUT2D eigenvalue weighted by Crippen LogP contribution is -2.25. The van der Waals surface area contributed by atoms with Crippen LogP contribution in [0.1, 0.15) is 12.2 Å². The van der Waals surface area contributed by atoms with Crippen LogP contribution in [0.4, 0.5) is 5.82 Å². The van der Waals surface area contributed by atoms with E-state index in [1.165, 1.54) is 0 Å². The van der Waals surface area contributed by atoms with E-state index >= 15 is 0 Å². The highest BCUT2D eigenvalue weighted by atomic mass is 15.3. The lowest BCUT2D eigenvalue weighted by molar-refractivity contribution is 0.883. The Hall–Kier alpha value is -2.18. The van der Waals surface area contributed by atoms with Gasteiger partial charge < -0.3 is 10.6 Å². The quantitative estimate of drug-likeness (QED) is 0.580. The monoisotopic (exact) mass is 233 g/mol. The van der Waals surface area contributed by atoms with Crippen molar-refractivity contribution in [3.63, 3.8) is 0 Å². The lowest BCUT2D eigenvalue weighted by atomic mass is 10.3. The van der Waals surface area contributed by atoms with Gasteiger partial charge in [0.2, 0.25) is 5.65 Å². The summed E-state index contributed by atoms with van der Waals surface area (Å²) in [7, 11) is 1.90. The maximum absolute atomic E-state index is 7.21. The molecule has 90 valence electrons. The molecular formula is C10H15N7. The third kappa shape index (κ3) is 2.17. The Morgan fingerprint density at radius 1 is 1.53 bits per heavy atom. The van der Waals surface area contributed by atoms with E-state index in [1.807, 2.05) is 29.5 Å². The van der Waals surface area contributed by atoms with Crippen molar-refractivity contribution in [1.29, 1.82) is 5.41 Å². The van der Waals surface area contributed by atoms with Crippen LogP contribution in [-0.4, -0.2) is 39.0 Å². The molecule has 0 aliphatic rings. The number of nitrogens with one attached hydrogen (secondary N) is 1. The predicted molar refractivity (Wildman–Crippen MR) is 65.3 cm³/mol. The molecule has 17 heavy (non-hydrogen) atoms. The van der Waals surface area contributed by atoms with E-state index in [0.29, 0.717) is 13.0 Å². The van der Waals surface area contributed by atoms with Crippen LogP contribution in [0.5, 0.6) is 0 Å². The molecule has 0 saturated carbocycles. The van der Waals surface area contributed by atoms with Crippen molar-refractivity contribution < 1.29 is 0 Å². The van der Waals surface area contributed by atoms with E-state index in [2.05, 4.69) is 15.2 Å². The number of aryl methyl sites for hydroxylation is 1. The molecule has 0 radical (unpaired) electrons. The van der Waals surface area contributed by atoms with E-state index in [4.69, 9.17) is 11.1 Å². The lowest BCUT2D eigenvalue weighted by Gasteiger charge is -2.17. The molecule has 3 N–H and O–H groups in total. The van der Waals surface area contributed by atoms with Gasteiger partial charge in [0.1, 0.15) is 5.82 Å². The van der Waals surface area contributed by atoms with Gasteiger partial charge in [0.25, 0.3) is 0 Å². The van der Waals surface area contributed by atoms with E-state index in [0.717, 1.165) is 17.3 Å². The highest BCUT2D eigenvalue weighted by molar-refractivity contribution is 5.77. The van der Waals surface area contributed by atoms with E-state index in [1.54, 1.807) is 6.20 Å². The first-order chi connectivity index (χ1) is 8.09. The molecule has 7 nitrogen and oxygen atoms in total. The third-order valence-electron chi connectivity index (χ3n) is 2.56. The van der Waals surface area contributed by atoms with Crippen molar-refractivity contribution in [2.75, 3.05) is 18.5 Å². The van der Waals surface area contributed by atoms with Gasteiger partial charge in [0.15, 0.2) is 5.82 Å². The van der Waals surface area contributed by atoms with Crippen molar-refractivity contribution in [3.05, 3.63) is 18.2 Å². The molecule has 0 saturated heterocycles. The minimum Gasteiger partial charge on any atom is -0.388 e. The molecule has 0 aliphatic heterocycles. The molecule has 2 aromatic rings. The van der Waals surface area contributed by atoms with Crippen LogP contribution >= 0.6 is 0 Å². The molecule has 0 fully saturated rings. The van der Waals surface area contributed by atoms with Crippen molar-refractivity contribution in [2.24, 2.45) is 5.73 Å². The zero-order chi connectivity index (χ0) is 12.4. The SMILES string of the molecule is Cc1nnc2c(N(C)CCC(=N)N)nccn12. The van der Waals surface area contributed by atoms with Crippen LogP contribution in [0.3, 0.4) is 0 Å². The Balaban J connectivity index is 2.31. The summed E-state index contributed by atoms with van der Waals surface area (Å²) in [6.45, 7) is 2.52. The summed E-state index contributed by atoms with van der Waals surface area (Å²) in [6, 6.07) is 0. The highest BCUT2D eigenvalue weighted by Gasteiger charge is 2.11. The van der Waals surface area contributed by atoms with E-state index in [9.17, 15) is 0 Å². The maximum Gasteiger partial charge on any atom is 0.203 e. The summed E-state index contributed by atoms with van der Waals surface area (Å²) >= 11 is 0. The van der Waals surface area contributed by atoms with Gasteiger partial charge in [0.05, 0.1) is 5.84 Å². The van der Waals surface area contributed by atoms with Crippen molar-refractivity contribution in [1.82, 2.24) is 19.6 Å². The number of anilines is 1. The minimum absolute atomic E-state index is 0.168. The molecule has 0 bridgehead atoms. The molecule has 2 aromatic heterocycles. The Kier molecular flexibility index (Phi) is 2.90. The average Bonchev–Trinajstić information content (AvgIpc) is 2.68. The first-order valence-corrected chi connectivity index (χ1v) is 5.30. The Morgan fingerprint density at radius 3 is 3.00 bits per heavy atom. The molecule has 2 heterocycles. The van der Waals surface area contributed by atoms with Gasteiger partial charge in [-0.25, -0.2) is 4.98 Å². The number of hydrogen-bond donors (Lipinski definition) is 2. The molecule has 0 unspecified atom stereocenters. The summed E-state index contributed by atoms with van der Waals surface area (Å²) in [5.74, 6) is 1.74. The first-order valence-electron chi connectivity index (χ1n) is 5.30. The number of rotatable bonds is 4. The number of nitrogens with two attached hydrogens (primary N) is 1. The molecule has 0 amide bonds. The van der Waals surface area contributed by atoms with Crippen LogP contribution in [0.15, 0.2) is 12.4 Å². The standard InChI is InChI=1S/C10H15N7/c1-7-14-15-10-9(13-4-6-17(7)10)16(2)5-3-8(11)12/h4,6H,3,5H2,1-2H3,(H3,11,12). The summed E-state index contributed by atoms with van der Waals surface area (Å²) in [4.78, 5) is 6.21. The highest BCUT2D eigenvalue weighted by Crippen LogP contribution is 2.15. The molecular weight excluding hydrogens is 218 g/mol. The number of fused-ring (bicyclic) bond motifs is 1. The molecule has 0 aliphatic carbocycles. The van der Waals surface area contributed by atoms with E-state index < -0.39 is 0 Å². The Morgan fingerprint density at radius 2 is 2.29 bits per heavy atom. The van der Waals surface area contributed by atoms with Gasteiger partial charge in [-0.1, -0.05) is 0 Å². The second kappa shape index (κ2) is 4.36. The van der Waals surface area contributed by atoms with E-state index in [-0.39, 0.29) is 5.84 Å². The average molecular weight is 233 g/mol. The van der Waals surface area contributed by atoms with Gasteiger partial charge in [0, 0.05) is 32.4 Å². The molecule has 0 spiro atoms. The number of hydrogen-bond acceptors (Lipinski definition) is 5. The number of amidine groups is 1. The summed E-state index contributed by atoms with van der Waals surface area (Å²) in [5.41, 5.74) is 6.06. The zero-order valence-electron chi connectivity index (χ0n) is 9.88. The molecule has 7 heteroatoms. The van der Waals surface area contributed by atoms with Crippen LogP contribution in [-0.2, 0) is 0 Å². The third-order valence-corrected chi connectivity index (χ3v) is 2.56. The number of nitrogens with zero attached hydrogens (tertiary/aromatic N) is 5. The van der Waals surface area contributed by atoms with Crippen molar-refractivity contribution in [3.8, 4) is 0 Å². The summed E-state index contributed by atoms with van der Waals surface area (Å²) in [6.07, 6.45) is 4.04. The summed E-state index contributed by atoms with van der Waals surface area (Å²) in [5, 5.41) is 15.3. The van der Waals surface area contributed by atoms with Crippen LogP contribution < -0.4 is 10.6 Å². The zero-order valence-corrected chi connectivity index (χ0v) is 9.88. The fourth-order valence-electron chi connectivity index (χ4n) is 1.59. The largest absolute Gasteiger partial charge is 0.388 e. The fourth-order valence-corrected chi connectivity index (χ4v) is 1.59. The number of aromatic nitrogens is 4. The smallest absolute Gasteiger partial charge is 0.203 e. The van der Waals surface area contributed by atoms with Gasteiger partial charge in [-0.3, -0.25) is 9.81 Å². The van der Waals surface area contributed by atoms with Gasteiger partial charge in [-0.15, -0.1) is 10.2 Å². The topological polar surface area (TPSA) is 96.2 Å². The molecule has 0 atom stereocenters. The van der Waals surface area contributed by atoms with Gasteiger partial charge >= 0.3 is 0 Å². The maximum atomic E-state index is 7.21. The van der Waals surface area contributed by atoms with Crippen LogP contribution in [0.25, 0.3) is 5.65 Å². The summed E-state index contributed by atoms with van der Waals surface area (Å²) < 4.78 is 1.88. The van der Waals surface area contributed by atoms with Gasteiger partial charge in [-0.05, 0) is 6.92 Å². The normalized spacial score (nSPS) is 10.7. The minimum atomic E-state index is 0.168. The molecule has 2 rings (SSSR count). The first kappa shape index (κ1) is 11.3. The Bertz CT molecular complexity index is 545. The Labute approximate surface area is 98.8 Å². The molecule has 0 aromatic carbocycles. The van der Waals surface area contributed by atoms with Crippen LogP contribution in [0.2, 0.25) is 0 Å². The van der Waals surface area contributed by atoms with Gasteiger partial charge in [-0.2, -0.15) is 0 Å². The predicted octanol–water partition coefficient (Wildman–Crippen LogP) is 0.195. The fraction of sp³-hybridized carbons (Fsp3) is 0.400. The van der Waals surface area contributed by atoms with Crippen LogP contribution in [0, 0.1) is 12.3 Å². The van der Waals surface area contributed by atoms with Crippen molar-refractivity contribution in [2.45, 2.75) is 13.3 Å².